The van der Waals surface area contributed by atoms with E-state index in [0.29, 0.717) is 11.8 Å². The van der Waals surface area contributed by atoms with Crippen LogP contribution in [0.2, 0.25) is 0 Å². The zero-order valence-corrected chi connectivity index (χ0v) is 12.8. The molecule has 2 heteroatoms. The predicted octanol–water partition coefficient (Wildman–Crippen LogP) is 3.89. The van der Waals surface area contributed by atoms with Gasteiger partial charge in [0.2, 0.25) is 0 Å². The first kappa shape index (κ1) is 14.3. The van der Waals surface area contributed by atoms with Crippen LogP contribution in [0.5, 0.6) is 0 Å². The van der Waals surface area contributed by atoms with Crippen molar-refractivity contribution in [1.82, 2.24) is 10.3 Å². The van der Waals surface area contributed by atoms with Gasteiger partial charge in [-0.15, -0.1) is 0 Å². The van der Waals surface area contributed by atoms with E-state index in [-0.39, 0.29) is 0 Å². The number of pyridine rings is 1. The molecule has 1 aromatic heterocycles. The van der Waals surface area contributed by atoms with E-state index in [2.05, 4.69) is 52.8 Å². The van der Waals surface area contributed by atoms with Crippen LogP contribution < -0.4 is 5.32 Å². The van der Waals surface area contributed by atoms with Gasteiger partial charge >= 0.3 is 0 Å². The van der Waals surface area contributed by atoms with Crippen molar-refractivity contribution in [3.8, 4) is 0 Å². The van der Waals surface area contributed by atoms with Crippen molar-refractivity contribution in [2.24, 2.45) is 0 Å². The third kappa shape index (κ3) is 3.33. The Bertz CT molecular complexity index is 565. The zero-order chi connectivity index (χ0) is 14.5. The van der Waals surface area contributed by atoms with E-state index < -0.39 is 0 Å². The van der Waals surface area contributed by atoms with Crippen molar-refractivity contribution < 1.29 is 0 Å². The number of aryl methyl sites for hydroxylation is 1. The fourth-order valence-electron chi connectivity index (χ4n) is 3.59. The summed E-state index contributed by atoms with van der Waals surface area (Å²) in [4.78, 5) is 4.69. The van der Waals surface area contributed by atoms with Crippen LogP contribution in [0.25, 0.3) is 0 Å². The molecular weight excluding hydrogens is 256 g/mol. The Kier molecular flexibility index (Phi) is 4.66. The number of hydrogen-bond donors (Lipinski definition) is 1. The van der Waals surface area contributed by atoms with E-state index in [1.807, 2.05) is 13.2 Å². The monoisotopic (exact) mass is 280 g/mol. The van der Waals surface area contributed by atoms with Crippen molar-refractivity contribution in [3.05, 3.63) is 65.5 Å². The summed E-state index contributed by atoms with van der Waals surface area (Å²) >= 11 is 0. The summed E-state index contributed by atoms with van der Waals surface area (Å²) in [6, 6.07) is 15.2. The minimum absolute atomic E-state index is 0.564. The van der Waals surface area contributed by atoms with Gasteiger partial charge in [0.25, 0.3) is 0 Å². The number of aromatic nitrogens is 1. The second kappa shape index (κ2) is 6.86. The maximum Gasteiger partial charge on any atom is 0.0466 e. The van der Waals surface area contributed by atoms with Crippen molar-refractivity contribution in [2.75, 3.05) is 13.6 Å². The molecule has 110 valence electrons. The molecule has 1 aliphatic carbocycles. The van der Waals surface area contributed by atoms with Gasteiger partial charge in [0.15, 0.2) is 0 Å². The molecule has 0 aliphatic heterocycles. The van der Waals surface area contributed by atoms with Crippen molar-refractivity contribution in [3.63, 3.8) is 0 Å². The molecule has 1 heterocycles. The van der Waals surface area contributed by atoms with Gasteiger partial charge in [0, 0.05) is 24.4 Å². The topological polar surface area (TPSA) is 24.9 Å². The highest BCUT2D eigenvalue weighted by molar-refractivity contribution is 5.28. The highest BCUT2D eigenvalue weighted by atomic mass is 14.8. The predicted molar refractivity (Wildman–Crippen MR) is 87.6 cm³/mol. The quantitative estimate of drug-likeness (QED) is 0.898. The summed E-state index contributed by atoms with van der Waals surface area (Å²) in [6.07, 6.45) is 6.91. The molecule has 0 amide bonds. The molecule has 3 rings (SSSR count). The molecular formula is C19H24N2. The van der Waals surface area contributed by atoms with Crippen LogP contribution in [-0.2, 0) is 6.42 Å². The first-order valence-corrected chi connectivity index (χ1v) is 8.02. The zero-order valence-electron chi connectivity index (χ0n) is 12.8. The van der Waals surface area contributed by atoms with Crippen LogP contribution in [0.4, 0.5) is 0 Å². The summed E-state index contributed by atoms with van der Waals surface area (Å²) in [7, 11) is 2.04. The second-order valence-electron chi connectivity index (χ2n) is 6.04. The largest absolute Gasteiger partial charge is 0.319 e. The number of fused-ring (bicyclic) bond motifs is 1. The first-order valence-electron chi connectivity index (χ1n) is 8.02. The van der Waals surface area contributed by atoms with E-state index in [1.54, 1.807) is 0 Å². The summed E-state index contributed by atoms with van der Waals surface area (Å²) in [5, 5.41) is 3.36. The molecule has 0 saturated heterocycles. The first-order chi connectivity index (χ1) is 10.4. The summed E-state index contributed by atoms with van der Waals surface area (Å²) in [6.45, 7) is 1.03. The van der Waals surface area contributed by atoms with Gasteiger partial charge in [-0.25, -0.2) is 0 Å². The third-order valence-corrected chi connectivity index (χ3v) is 4.60. The molecule has 0 saturated carbocycles. The summed E-state index contributed by atoms with van der Waals surface area (Å²) in [5.74, 6) is 1.17. The van der Waals surface area contributed by atoms with E-state index in [9.17, 15) is 0 Å². The summed E-state index contributed by atoms with van der Waals surface area (Å²) in [5.41, 5.74) is 4.25. The van der Waals surface area contributed by atoms with Crippen molar-refractivity contribution in [1.29, 1.82) is 0 Å². The standard InChI is InChI=1S/C19H24N2/c1-20-14-18(15-7-3-2-4-8-15)13-17-10-5-9-16-11-6-12-21-19(16)17/h2-4,6-8,11-12,17-18,20H,5,9-10,13-14H2,1H3. The number of benzene rings is 1. The normalized spacial score (nSPS) is 19.0. The van der Waals surface area contributed by atoms with Gasteiger partial charge in [-0.2, -0.15) is 0 Å². The number of hydrogen-bond acceptors (Lipinski definition) is 2. The number of nitrogens with one attached hydrogen (secondary N) is 1. The lowest BCUT2D eigenvalue weighted by molar-refractivity contribution is 0.451. The smallest absolute Gasteiger partial charge is 0.0466 e. The highest BCUT2D eigenvalue weighted by Crippen LogP contribution is 2.37. The lowest BCUT2D eigenvalue weighted by atomic mass is 9.79. The molecule has 1 aliphatic rings. The minimum Gasteiger partial charge on any atom is -0.319 e. The Morgan fingerprint density at radius 2 is 2.05 bits per heavy atom. The van der Waals surface area contributed by atoms with Gasteiger partial charge in [0.1, 0.15) is 0 Å². The third-order valence-electron chi connectivity index (χ3n) is 4.60. The van der Waals surface area contributed by atoms with Crippen LogP contribution in [0.1, 0.15) is 47.9 Å². The van der Waals surface area contributed by atoms with Crippen LogP contribution in [0.15, 0.2) is 48.7 Å². The maximum atomic E-state index is 4.69. The second-order valence-corrected chi connectivity index (χ2v) is 6.04. The Morgan fingerprint density at radius 1 is 1.19 bits per heavy atom. The number of likely N-dealkylation sites (N-methyl/N-ethyl adjacent to an activating group) is 1. The van der Waals surface area contributed by atoms with Crippen LogP contribution in [0, 0.1) is 0 Å². The SMILES string of the molecule is CNCC(CC1CCCc2cccnc21)c1ccccc1. The van der Waals surface area contributed by atoms with Crippen LogP contribution in [0.3, 0.4) is 0 Å². The molecule has 21 heavy (non-hydrogen) atoms. The van der Waals surface area contributed by atoms with E-state index in [0.717, 1.165) is 6.54 Å². The molecule has 2 atom stereocenters. The molecule has 0 spiro atoms. The number of rotatable bonds is 5. The van der Waals surface area contributed by atoms with E-state index in [4.69, 9.17) is 0 Å². The van der Waals surface area contributed by atoms with Gasteiger partial charge in [-0.1, -0.05) is 36.4 Å². The van der Waals surface area contributed by atoms with Gasteiger partial charge in [0.05, 0.1) is 0 Å². The minimum atomic E-state index is 0.564. The molecule has 1 aromatic carbocycles. The van der Waals surface area contributed by atoms with Crippen molar-refractivity contribution >= 4 is 0 Å². The molecule has 0 radical (unpaired) electrons. The highest BCUT2D eigenvalue weighted by Gasteiger charge is 2.25. The van der Waals surface area contributed by atoms with E-state index >= 15 is 0 Å². The van der Waals surface area contributed by atoms with Gasteiger partial charge < -0.3 is 5.32 Å². The van der Waals surface area contributed by atoms with E-state index in [1.165, 1.54) is 42.5 Å². The molecule has 2 nitrogen and oxygen atoms in total. The average molecular weight is 280 g/mol. The molecule has 1 N–H and O–H groups in total. The van der Waals surface area contributed by atoms with Gasteiger partial charge in [-0.3, -0.25) is 4.98 Å². The average Bonchev–Trinajstić information content (AvgIpc) is 2.55. The lowest BCUT2D eigenvalue weighted by Gasteiger charge is -2.28. The Morgan fingerprint density at radius 3 is 2.86 bits per heavy atom. The fraction of sp³-hybridized carbons (Fsp3) is 0.421. The van der Waals surface area contributed by atoms with Crippen LogP contribution >= 0.6 is 0 Å². The Balaban J connectivity index is 1.81. The molecule has 0 bridgehead atoms. The molecule has 0 fully saturated rings. The lowest BCUT2D eigenvalue weighted by Crippen LogP contribution is -2.21. The summed E-state index contributed by atoms with van der Waals surface area (Å²) < 4.78 is 0. The number of nitrogens with zero attached hydrogens (tertiary/aromatic N) is 1. The fourth-order valence-corrected chi connectivity index (χ4v) is 3.59. The maximum absolute atomic E-state index is 4.69. The van der Waals surface area contributed by atoms with Crippen molar-refractivity contribution in [2.45, 2.75) is 37.5 Å². The van der Waals surface area contributed by atoms with Crippen LogP contribution in [-0.4, -0.2) is 18.6 Å². The Hall–Kier alpha value is -1.67. The Labute approximate surface area is 127 Å². The van der Waals surface area contributed by atoms with Gasteiger partial charge in [-0.05, 0) is 55.8 Å². The molecule has 2 aromatic rings. The molecule has 2 unspecified atom stereocenters.